The van der Waals surface area contributed by atoms with Crippen LogP contribution in [0, 0.1) is 13.8 Å². The molecule has 5 heterocycles. The number of nitrogens with zero attached hydrogens (tertiary/aromatic N) is 8. The Bertz CT molecular complexity index is 2410. The maximum Gasteiger partial charge on any atom is 0.276 e. The van der Waals surface area contributed by atoms with Gasteiger partial charge in [-0.15, -0.1) is 0 Å². The summed E-state index contributed by atoms with van der Waals surface area (Å²) >= 11 is 0. The van der Waals surface area contributed by atoms with E-state index in [-0.39, 0.29) is 36.3 Å². The van der Waals surface area contributed by atoms with Crippen molar-refractivity contribution in [1.82, 2.24) is 38.7 Å². The summed E-state index contributed by atoms with van der Waals surface area (Å²) in [6.07, 6.45) is 1.24. The Morgan fingerprint density at radius 1 is 0.865 bits per heavy atom. The first-order valence-corrected chi connectivity index (χ1v) is 17.2. The number of hydrogen-bond donors (Lipinski definition) is 3. The van der Waals surface area contributed by atoms with Gasteiger partial charge in [0, 0.05) is 30.8 Å². The van der Waals surface area contributed by atoms with Crippen molar-refractivity contribution < 1.29 is 23.9 Å². The van der Waals surface area contributed by atoms with E-state index in [1.165, 1.54) is 0 Å². The molecule has 16 nitrogen and oxygen atoms in total. The summed E-state index contributed by atoms with van der Waals surface area (Å²) in [5.41, 5.74) is 16.5. The number of carbonyl (C=O) groups excluding carboxylic acids is 4. The largest absolute Gasteiger partial charge is 0.489 e. The zero-order valence-electron chi connectivity index (χ0n) is 29.3. The van der Waals surface area contributed by atoms with Crippen LogP contribution in [-0.4, -0.2) is 68.8 Å². The molecule has 0 aliphatic carbocycles. The average Bonchev–Trinajstić information content (AvgIpc) is 3.88. The Hall–Kier alpha value is -6.32. The molecule has 1 atom stereocenters. The Balaban J connectivity index is 1.20. The number of Topliss-reactive ketones (excluding diaryl/α,β-unsaturated/α-hetero) is 1. The maximum absolute atomic E-state index is 13.6. The molecule has 5 N–H and O–H groups in total. The fourth-order valence-corrected chi connectivity index (χ4v) is 6.95. The summed E-state index contributed by atoms with van der Waals surface area (Å²) in [4.78, 5) is 60.8. The molecule has 268 valence electrons. The van der Waals surface area contributed by atoms with E-state index < -0.39 is 11.8 Å². The third-order valence-electron chi connectivity index (χ3n) is 9.33. The molecule has 4 aromatic heterocycles. The van der Waals surface area contributed by atoms with Crippen molar-refractivity contribution in [3.05, 3.63) is 82.2 Å². The lowest BCUT2D eigenvalue weighted by atomic mass is 10.1. The Morgan fingerprint density at radius 2 is 1.54 bits per heavy atom. The van der Waals surface area contributed by atoms with Crippen LogP contribution < -0.4 is 21.5 Å². The molecule has 0 radical (unpaired) electrons. The Kier molecular flexibility index (Phi) is 8.82. The highest BCUT2D eigenvalue weighted by atomic mass is 16.5. The highest BCUT2D eigenvalue weighted by Crippen LogP contribution is 2.39. The van der Waals surface area contributed by atoms with Gasteiger partial charge in [-0.3, -0.25) is 33.9 Å². The molecule has 16 heteroatoms. The van der Waals surface area contributed by atoms with Crippen LogP contribution in [0.1, 0.15) is 91.6 Å². The SMILES string of the molecule is CCn1nc(C)cc1C(=O)Cc1nc2cc(C(N)=O)ccc2n1CCC[C@H]1COc2cc(C(N)=O)cc3nc(NC(=O)c4cc(C)nn4CC)n1c23. The highest BCUT2D eigenvalue weighted by Gasteiger charge is 2.30. The number of benzene rings is 2. The number of aryl methyl sites for hydroxylation is 5. The van der Waals surface area contributed by atoms with Gasteiger partial charge in [0.2, 0.25) is 17.8 Å². The molecule has 0 bridgehead atoms. The van der Waals surface area contributed by atoms with E-state index in [0.717, 1.165) is 11.2 Å². The van der Waals surface area contributed by atoms with Crippen molar-refractivity contribution in [3.8, 4) is 5.75 Å². The van der Waals surface area contributed by atoms with Crippen molar-refractivity contribution in [3.63, 3.8) is 0 Å². The third kappa shape index (κ3) is 6.16. The van der Waals surface area contributed by atoms with Crippen molar-refractivity contribution >= 4 is 51.5 Å². The van der Waals surface area contributed by atoms with E-state index in [1.54, 1.807) is 51.8 Å². The fraction of sp³-hybridized carbons (Fsp3) is 0.333. The quantitative estimate of drug-likeness (QED) is 0.149. The minimum absolute atomic E-state index is 0.0277. The van der Waals surface area contributed by atoms with E-state index in [0.29, 0.717) is 89.2 Å². The summed E-state index contributed by atoms with van der Waals surface area (Å²) in [5, 5.41) is 11.8. The van der Waals surface area contributed by atoms with Gasteiger partial charge in [-0.2, -0.15) is 10.2 Å². The van der Waals surface area contributed by atoms with Crippen LogP contribution in [0.25, 0.3) is 22.1 Å². The molecular formula is C36H39N11O5. The van der Waals surface area contributed by atoms with Crippen LogP contribution in [0.2, 0.25) is 0 Å². The number of aromatic nitrogens is 8. The van der Waals surface area contributed by atoms with E-state index in [2.05, 4.69) is 15.5 Å². The van der Waals surface area contributed by atoms with Crippen molar-refractivity contribution in [2.45, 2.75) is 72.6 Å². The highest BCUT2D eigenvalue weighted by molar-refractivity contribution is 6.04. The molecule has 2 aromatic carbocycles. The molecule has 0 saturated carbocycles. The number of primary amides is 2. The first kappa shape index (κ1) is 34.1. The first-order chi connectivity index (χ1) is 24.9. The number of anilines is 1. The van der Waals surface area contributed by atoms with Crippen molar-refractivity contribution in [1.29, 1.82) is 0 Å². The van der Waals surface area contributed by atoms with Crippen molar-refractivity contribution in [2.75, 3.05) is 11.9 Å². The van der Waals surface area contributed by atoms with Gasteiger partial charge in [-0.05, 0) is 83.0 Å². The van der Waals surface area contributed by atoms with Crippen LogP contribution in [0.4, 0.5) is 5.95 Å². The zero-order chi connectivity index (χ0) is 36.8. The summed E-state index contributed by atoms with van der Waals surface area (Å²) in [5.74, 6) is -0.385. The monoisotopic (exact) mass is 705 g/mol. The van der Waals surface area contributed by atoms with Gasteiger partial charge >= 0.3 is 0 Å². The number of amides is 3. The van der Waals surface area contributed by atoms with E-state index in [1.807, 2.05) is 36.8 Å². The van der Waals surface area contributed by atoms with Crippen LogP contribution >= 0.6 is 0 Å². The second kappa shape index (κ2) is 13.4. The molecule has 52 heavy (non-hydrogen) atoms. The van der Waals surface area contributed by atoms with Crippen LogP contribution in [0.15, 0.2) is 42.5 Å². The van der Waals surface area contributed by atoms with Gasteiger partial charge in [0.25, 0.3) is 5.91 Å². The van der Waals surface area contributed by atoms with Gasteiger partial charge in [-0.1, -0.05) is 0 Å². The predicted molar refractivity (Wildman–Crippen MR) is 192 cm³/mol. The molecule has 0 spiro atoms. The molecule has 3 amide bonds. The molecule has 1 aliphatic heterocycles. The molecule has 1 aliphatic rings. The number of ketones is 1. The molecule has 0 fully saturated rings. The van der Waals surface area contributed by atoms with Crippen LogP contribution in [0.3, 0.4) is 0 Å². The number of nitrogens with two attached hydrogens (primary N) is 2. The van der Waals surface area contributed by atoms with Gasteiger partial charge in [-0.25, -0.2) is 9.97 Å². The van der Waals surface area contributed by atoms with E-state index in [4.69, 9.17) is 26.2 Å². The van der Waals surface area contributed by atoms with Crippen LogP contribution in [-0.2, 0) is 26.1 Å². The molecule has 0 saturated heterocycles. The average molecular weight is 706 g/mol. The Labute approximate surface area is 297 Å². The van der Waals surface area contributed by atoms with Gasteiger partial charge in [0.05, 0.1) is 40.4 Å². The molecule has 0 unspecified atom stereocenters. The molecule has 7 rings (SSSR count). The second-order valence-corrected chi connectivity index (χ2v) is 12.9. The number of rotatable bonds is 13. The number of hydrogen-bond acceptors (Lipinski definition) is 9. The standard InChI is InChI=1S/C36H39N11O5/c1-5-45-27(12-19(3)42-45)29(48)17-31-39-24-14-21(33(37)49)9-10-26(24)44(31)11-7-8-23-18-52-30-16-22(34(38)50)15-25-32(30)47(23)36(40-25)41-35(51)28-13-20(4)43-46(28)6-2/h9-10,12-16,23H,5-8,11,17-18H2,1-4H3,(H2,37,49)(H2,38,50)(H,40,41,51)/t23-/m0/s1. The lowest BCUT2D eigenvalue weighted by Gasteiger charge is -2.27. The predicted octanol–water partition coefficient (Wildman–Crippen LogP) is 3.73. The number of ether oxygens (including phenoxy) is 1. The molecular weight excluding hydrogens is 666 g/mol. The zero-order valence-corrected chi connectivity index (χ0v) is 29.3. The lowest BCUT2D eigenvalue weighted by Crippen LogP contribution is -2.26. The van der Waals surface area contributed by atoms with E-state index in [9.17, 15) is 19.2 Å². The normalized spacial score (nSPS) is 13.8. The second-order valence-electron chi connectivity index (χ2n) is 12.9. The van der Waals surface area contributed by atoms with Gasteiger partial charge in [0.1, 0.15) is 35.1 Å². The third-order valence-corrected chi connectivity index (χ3v) is 9.33. The van der Waals surface area contributed by atoms with Gasteiger partial charge < -0.3 is 25.3 Å². The fourth-order valence-electron chi connectivity index (χ4n) is 6.95. The van der Waals surface area contributed by atoms with Crippen molar-refractivity contribution in [2.24, 2.45) is 11.5 Å². The summed E-state index contributed by atoms with van der Waals surface area (Å²) in [7, 11) is 0. The summed E-state index contributed by atoms with van der Waals surface area (Å²) in [6, 6.07) is 11.5. The number of nitrogens with one attached hydrogen (secondary N) is 1. The van der Waals surface area contributed by atoms with E-state index >= 15 is 0 Å². The lowest BCUT2D eigenvalue weighted by molar-refractivity contribution is 0.0974. The Morgan fingerprint density at radius 3 is 2.23 bits per heavy atom. The number of carbonyl (C=O) groups is 4. The summed E-state index contributed by atoms with van der Waals surface area (Å²) in [6.45, 7) is 9.30. The minimum Gasteiger partial charge on any atom is -0.489 e. The molecule has 6 aromatic rings. The number of imidazole rings is 2. The topological polar surface area (TPSA) is 213 Å². The first-order valence-electron chi connectivity index (χ1n) is 17.2. The maximum atomic E-state index is 13.6. The summed E-state index contributed by atoms with van der Waals surface area (Å²) < 4.78 is 13.4. The van der Waals surface area contributed by atoms with Gasteiger partial charge in [0.15, 0.2) is 5.78 Å². The smallest absolute Gasteiger partial charge is 0.276 e. The number of fused-ring (bicyclic) bond motifs is 1. The van der Waals surface area contributed by atoms with Crippen LogP contribution in [0.5, 0.6) is 5.75 Å². The minimum atomic E-state index is -0.620.